The number of carbonyl (C=O) groups is 4. The van der Waals surface area contributed by atoms with Gasteiger partial charge in [0.2, 0.25) is 17.7 Å². The first-order chi connectivity index (χ1) is 16.5. The zero-order valence-electron chi connectivity index (χ0n) is 21.2. The second-order valence-corrected chi connectivity index (χ2v) is 10.4. The summed E-state index contributed by atoms with van der Waals surface area (Å²) >= 11 is 0. The highest BCUT2D eigenvalue weighted by Gasteiger charge is 2.38. The molecule has 0 aliphatic carbocycles. The number of hydrogen-bond acceptors (Lipinski definition) is 5. The Bertz CT molecular complexity index is 906. The topological polar surface area (TPSA) is 108 Å². The third-order valence-electron chi connectivity index (χ3n) is 6.48. The lowest BCUT2D eigenvalue weighted by atomic mass is 10.0. The SMILES string of the molecule is CC(c1ccccc1)N1CC(C(=O)NC2CCN(C(=O)CCNC(=O)OC(C)(C)C)CC2)CC1=O. The summed E-state index contributed by atoms with van der Waals surface area (Å²) in [5.74, 6) is -0.473. The number of likely N-dealkylation sites (tertiary alicyclic amines) is 2. The van der Waals surface area contributed by atoms with E-state index in [4.69, 9.17) is 4.74 Å². The average Bonchev–Trinajstić information content (AvgIpc) is 3.20. The molecule has 0 saturated carbocycles. The lowest BCUT2D eigenvalue weighted by Gasteiger charge is -2.33. The van der Waals surface area contributed by atoms with Gasteiger partial charge in [0.05, 0.1) is 12.0 Å². The van der Waals surface area contributed by atoms with E-state index in [9.17, 15) is 19.2 Å². The summed E-state index contributed by atoms with van der Waals surface area (Å²) in [6, 6.07) is 9.75. The Kier molecular flexibility index (Phi) is 8.75. The molecule has 9 heteroatoms. The number of nitrogens with one attached hydrogen (secondary N) is 2. The minimum absolute atomic E-state index is 0.00177. The van der Waals surface area contributed by atoms with Crippen molar-refractivity contribution in [2.45, 2.75) is 71.1 Å². The van der Waals surface area contributed by atoms with E-state index in [0.717, 1.165) is 5.56 Å². The lowest BCUT2D eigenvalue weighted by molar-refractivity contribution is -0.133. The average molecular weight is 487 g/mol. The first kappa shape index (κ1) is 26.5. The van der Waals surface area contributed by atoms with Crippen LogP contribution in [0.25, 0.3) is 0 Å². The molecule has 2 unspecified atom stereocenters. The van der Waals surface area contributed by atoms with E-state index in [2.05, 4.69) is 10.6 Å². The van der Waals surface area contributed by atoms with Crippen LogP contribution in [0.4, 0.5) is 4.79 Å². The molecule has 4 amide bonds. The van der Waals surface area contributed by atoms with E-state index in [1.807, 2.05) is 37.3 Å². The molecular weight excluding hydrogens is 448 g/mol. The van der Waals surface area contributed by atoms with E-state index in [0.29, 0.717) is 32.5 Å². The second kappa shape index (κ2) is 11.6. The second-order valence-electron chi connectivity index (χ2n) is 10.4. The number of ether oxygens (including phenoxy) is 1. The Morgan fingerprint density at radius 1 is 1.11 bits per heavy atom. The fraction of sp³-hybridized carbons (Fsp3) is 0.615. The van der Waals surface area contributed by atoms with Gasteiger partial charge in [-0.15, -0.1) is 0 Å². The van der Waals surface area contributed by atoms with Gasteiger partial charge in [0, 0.05) is 45.1 Å². The van der Waals surface area contributed by atoms with Gasteiger partial charge >= 0.3 is 6.09 Å². The van der Waals surface area contributed by atoms with Crippen LogP contribution >= 0.6 is 0 Å². The third kappa shape index (κ3) is 7.70. The minimum atomic E-state index is -0.579. The molecule has 2 atom stereocenters. The number of piperidine rings is 1. The maximum atomic E-state index is 12.9. The van der Waals surface area contributed by atoms with E-state index in [1.54, 1.807) is 30.6 Å². The Labute approximate surface area is 207 Å². The number of alkyl carbamates (subject to hydrolysis) is 1. The van der Waals surface area contributed by atoms with Crippen molar-refractivity contribution in [2.75, 3.05) is 26.2 Å². The predicted molar refractivity (Wildman–Crippen MR) is 131 cm³/mol. The van der Waals surface area contributed by atoms with Crippen LogP contribution in [-0.2, 0) is 19.1 Å². The van der Waals surface area contributed by atoms with Crippen molar-refractivity contribution in [3.8, 4) is 0 Å². The Hall–Kier alpha value is -3.10. The van der Waals surface area contributed by atoms with Crippen molar-refractivity contribution >= 4 is 23.8 Å². The number of nitrogens with zero attached hydrogens (tertiary/aromatic N) is 2. The summed E-state index contributed by atoms with van der Waals surface area (Å²) in [7, 11) is 0. The molecule has 2 fully saturated rings. The van der Waals surface area contributed by atoms with Crippen LogP contribution < -0.4 is 10.6 Å². The van der Waals surface area contributed by atoms with Crippen molar-refractivity contribution in [1.29, 1.82) is 0 Å². The monoisotopic (exact) mass is 486 g/mol. The quantitative estimate of drug-likeness (QED) is 0.616. The van der Waals surface area contributed by atoms with Crippen LogP contribution in [0.2, 0.25) is 0 Å². The van der Waals surface area contributed by atoms with Crippen molar-refractivity contribution in [3.63, 3.8) is 0 Å². The molecule has 2 heterocycles. The molecule has 1 aromatic carbocycles. The van der Waals surface area contributed by atoms with Crippen molar-refractivity contribution in [3.05, 3.63) is 35.9 Å². The first-order valence-electron chi connectivity index (χ1n) is 12.4. The van der Waals surface area contributed by atoms with Gasteiger partial charge in [-0.05, 0) is 46.1 Å². The third-order valence-corrected chi connectivity index (χ3v) is 6.48. The van der Waals surface area contributed by atoms with Crippen molar-refractivity contribution < 1.29 is 23.9 Å². The molecule has 3 rings (SSSR count). The van der Waals surface area contributed by atoms with Gasteiger partial charge in [-0.2, -0.15) is 0 Å². The van der Waals surface area contributed by atoms with Crippen LogP contribution in [0.1, 0.15) is 65.0 Å². The van der Waals surface area contributed by atoms with Gasteiger partial charge in [-0.25, -0.2) is 4.79 Å². The molecule has 192 valence electrons. The summed E-state index contributed by atoms with van der Waals surface area (Å²) in [6.45, 7) is 9.09. The minimum Gasteiger partial charge on any atom is -0.444 e. The van der Waals surface area contributed by atoms with E-state index in [-0.39, 0.29) is 55.1 Å². The standard InChI is InChI=1S/C26H38N4O5/c1-18(19-8-6-5-7-9-19)30-17-20(16-23(30)32)24(33)28-21-11-14-29(15-12-21)22(31)10-13-27-25(34)35-26(2,3)4/h5-9,18,20-21H,10-17H2,1-4H3,(H,27,34)(H,28,33). The largest absolute Gasteiger partial charge is 0.444 e. The molecule has 9 nitrogen and oxygen atoms in total. The molecular formula is C26H38N4O5. The Morgan fingerprint density at radius 3 is 2.40 bits per heavy atom. The Balaban J connectivity index is 1.38. The van der Waals surface area contributed by atoms with Crippen LogP contribution in [-0.4, -0.2) is 71.4 Å². The highest BCUT2D eigenvalue weighted by molar-refractivity contribution is 5.89. The summed E-state index contributed by atoms with van der Waals surface area (Å²) < 4.78 is 5.17. The molecule has 2 aliphatic heterocycles. The van der Waals surface area contributed by atoms with Crippen LogP contribution in [0.3, 0.4) is 0 Å². The van der Waals surface area contributed by atoms with Gasteiger partial charge in [0.25, 0.3) is 0 Å². The van der Waals surface area contributed by atoms with E-state index >= 15 is 0 Å². The fourth-order valence-corrected chi connectivity index (χ4v) is 4.53. The highest BCUT2D eigenvalue weighted by atomic mass is 16.6. The summed E-state index contributed by atoms with van der Waals surface area (Å²) in [6.07, 6.45) is 1.23. The number of carbonyl (C=O) groups excluding carboxylic acids is 4. The molecule has 0 spiro atoms. The number of hydrogen-bond donors (Lipinski definition) is 2. The number of rotatable bonds is 7. The molecule has 0 aromatic heterocycles. The van der Waals surface area contributed by atoms with Crippen LogP contribution in [0, 0.1) is 5.92 Å². The van der Waals surface area contributed by atoms with Crippen molar-refractivity contribution in [1.82, 2.24) is 20.4 Å². The van der Waals surface area contributed by atoms with Crippen LogP contribution in [0.15, 0.2) is 30.3 Å². The number of benzene rings is 1. The lowest BCUT2D eigenvalue weighted by Crippen LogP contribution is -2.48. The molecule has 2 aliphatic rings. The molecule has 35 heavy (non-hydrogen) atoms. The Morgan fingerprint density at radius 2 is 1.77 bits per heavy atom. The summed E-state index contributed by atoms with van der Waals surface area (Å²) in [5, 5.41) is 5.69. The normalized spacial score (nSPS) is 19.9. The zero-order valence-corrected chi connectivity index (χ0v) is 21.2. The summed E-state index contributed by atoms with van der Waals surface area (Å²) in [5.41, 5.74) is 0.477. The molecule has 0 radical (unpaired) electrons. The summed E-state index contributed by atoms with van der Waals surface area (Å²) in [4.78, 5) is 53.1. The maximum absolute atomic E-state index is 12.9. The van der Waals surface area contributed by atoms with Gasteiger partial charge in [0.1, 0.15) is 5.60 Å². The van der Waals surface area contributed by atoms with E-state index < -0.39 is 11.7 Å². The van der Waals surface area contributed by atoms with Gasteiger partial charge in [0.15, 0.2) is 0 Å². The smallest absolute Gasteiger partial charge is 0.407 e. The van der Waals surface area contributed by atoms with Gasteiger partial charge in [-0.1, -0.05) is 30.3 Å². The first-order valence-corrected chi connectivity index (χ1v) is 12.4. The molecule has 1 aromatic rings. The predicted octanol–water partition coefficient (Wildman–Crippen LogP) is 2.62. The maximum Gasteiger partial charge on any atom is 0.407 e. The molecule has 0 bridgehead atoms. The van der Waals surface area contributed by atoms with Crippen molar-refractivity contribution in [2.24, 2.45) is 5.92 Å². The van der Waals surface area contributed by atoms with Gasteiger partial charge < -0.3 is 25.2 Å². The van der Waals surface area contributed by atoms with E-state index in [1.165, 1.54) is 0 Å². The molecule has 2 N–H and O–H groups in total. The zero-order chi connectivity index (χ0) is 25.6. The fourth-order valence-electron chi connectivity index (χ4n) is 4.53. The van der Waals surface area contributed by atoms with Gasteiger partial charge in [-0.3, -0.25) is 14.4 Å². The van der Waals surface area contributed by atoms with Crippen LogP contribution in [0.5, 0.6) is 0 Å². The number of amides is 4. The molecule has 2 saturated heterocycles. The highest BCUT2D eigenvalue weighted by Crippen LogP contribution is 2.28.